The first kappa shape index (κ1) is 12.9. The summed E-state index contributed by atoms with van der Waals surface area (Å²) < 4.78 is 0. The Bertz CT molecular complexity index is 593. The lowest BCUT2D eigenvalue weighted by molar-refractivity contribution is 0.145. The van der Waals surface area contributed by atoms with Crippen LogP contribution < -0.4 is 5.32 Å². The SMILES string of the molecule is CCC1(CNc2ncnc3sc(C)c(C)c23)CCC1. The third-order valence-corrected chi connectivity index (χ3v) is 5.88. The molecular weight excluding hydrogens is 254 g/mol. The summed E-state index contributed by atoms with van der Waals surface area (Å²) in [6, 6.07) is 0. The number of nitrogens with one attached hydrogen (secondary N) is 1. The second kappa shape index (κ2) is 4.75. The lowest BCUT2D eigenvalue weighted by Crippen LogP contribution is -2.36. The van der Waals surface area contributed by atoms with Crippen LogP contribution in [0, 0.1) is 19.3 Å². The van der Waals surface area contributed by atoms with Gasteiger partial charge in [0.1, 0.15) is 17.0 Å². The van der Waals surface area contributed by atoms with Gasteiger partial charge in [0.05, 0.1) is 5.39 Å². The van der Waals surface area contributed by atoms with E-state index in [1.807, 2.05) is 0 Å². The monoisotopic (exact) mass is 275 g/mol. The number of hydrogen-bond acceptors (Lipinski definition) is 4. The maximum atomic E-state index is 4.46. The maximum absolute atomic E-state index is 4.46. The highest BCUT2D eigenvalue weighted by Crippen LogP contribution is 2.44. The lowest BCUT2D eigenvalue weighted by Gasteiger charge is -2.41. The van der Waals surface area contributed by atoms with E-state index in [0.717, 1.165) is 17.2 Å². The molecule has 4 heteroatoms. The molecule has 0 saturated heterocycles. The summed E-state index contributed by atoms with van der Waals surface area (Å²) in [7, 11) is 0. The minimum Gasteiger partial charge on any atom is -0.369 e. The predicted octanol–water partition coefficient (Wildman–Crippen LogP) is 4.30. The van der Waals surface area contributed by atoms with Crippen LogP contribution in [0.1, 0.15) is 43.0 Å². The number of fused-ring (bicyclic) bond motifs is 1. The molecule has 3 nitrogen and oxygen atoms in total. The topological polar surface area (TPSA) is 37.8 Å². The van der Waals surface area contributed by atoms with Gasteiger partial charge in [0.2, 0.25) is 0 Å². The van der Waals surface area contributed by atoms with E-state index in [-0.39, 0.29) is 0 Å². The fraction of sp³-hybridized carbons (Fsp3) is 0.600. The van der Waals surface area contributed by atoms with Crippen molar-refractivity contribution in [2.24, 2.45) is 5.41 Å². The van der Waals surface area contributed by atoms with E-state index in [9.17, 15) is 0 Å². The van der Waals surface area contributed by atoms with E-state index in [2.05, 4.69) is 36.1 Å². The molecule has 0 aliphatic heterocycles. The molecule has 0 spiro atoms. The summed E-state index contributed by atoms with van der Waals surface area (Å²) in [5.41, 5.74) is 1.83. The van der Waals surface area contributed by atoms with Crippen LogP contribution in [0.2, 0.25) is 0 Å². The van der Waals surface area contributed by atoms with E-state index in [4.69, 9.17) is 0 Å². The van der Waals surface area contributed by atoms with Gasteiger partial charge in [-0.2, -0.15) is 0 Å². The molecule has 3 rings (SSSR count). The minimum atomic E-state index is 0.510. The fourth-order valence-corrected chi connectivity index (χ4v) is 3.92. The molecule has 2 heterocycles. The van der Waals surface area contributed by atoms with E-state index in [0.29, 0.717) is 5.41 Å². The molecule has 0 amide bonds. The van der Waals surface area contributed by atoms with Crippen molar-refractivity contribution in [2.45, 2.75) is 46.5 Å². The number of thiophene rings is 1. The number of aryl methyl sites for hydroxylation is 2. The Labute approximate surface area is 118 Å². The molecule has 0 unspecified atom stereocenters. The summed E-state index contributed by atoms with van der Waals surface area (Å²) in [6.07, 6.45) is 7.03. The second-order valence-electron chi connectivity index (χ2n) is 5.75. The molecule has 19 heavy (non-hydrogen) atoms. The molecule has 1 aliphatic carbocycles. The molecule has 1 aliphatic rings. The lowest BCUT2D eigenvalue weighted by atomic mass is 9.67. The Morgan fingerprint density at radius 3 is 2.74 bits per heavy atom. The number of hydrogen-bond donors (Lipinski definition) is 1. The van der Waals surface area contributed by atoms with Crippen LogP contribution in [-0.2, 0) is 0 Å². The van der Waals surface area contributed by atoms with Crippen LogP contribution in [-0.4, -0.2) is 16.5 Å². The maximum Gasteiger partial charge on any atom is 0.138 e. The van der Waals surface area contributed by atoms with Crippen molar-refractivity contribution in [2.75, 3.05) is 11.9 Å². The van der Waals surface area contributed by atoms with Gasteiger partial charge in [0, 0.05) is 11.4 Å². The first-order valence-electron chi connectivity index (χ1n) is 7.10. The van der Waals surface area contributed by atoms with E-state index in [1.54, 1.807) is 17.7 Å². The molecule has 0 aromatic carbocycles. The number of aromatic nitrogens is 2. The van der Waals surface area contributed by atoms with Gasteiger partial charge in [-0.25, -0.2) is 9.97 Å². The van der Waals surface area contributed by atoms with E-state index >= 15 is 0 Å². The number of rotatable bonds is 4. The van der Waals surface area contributed by atoms with Gasteiger partial charge in [-0.1, -0.05) is 13.3 Å². The Morgan fingerprint density at radius 1 is 1.32 bits per heavy atom. The molecule has 1 fully saturated rings. The summed E-state index contributed by atoms with van der Waals surface area (Å²) in [6.45, 7) is 7.67. The zero-order valence-electron chi connectivity index (χ0n) is 11.9. The van der Waals surface area contributed by atoms with Gasteiger partial charge in [0.15, 0.2) is 0 Å². The second-order valence-corrected chi connectivity index (χ2v) is 6.95. The first-order valence-corrected chi connectivity index (χ1v) is 7.91. The van der Waals surface area contributed by atoms with Crippen molar-refractivity contribution >= 4 is 27.4 Å². The minimum absolute atomic E-state index is 0.510. The van der Waals surface area contributed by atoms with Crippen molar-refractivity contribution in [1.29, 1.82) is 0 Å². The normalized spacial score (nSPS) is 17.4. The van der Waals surface area contributed by atoms with Gasteiger partial charge in [0.25, 0.3) is 0 Å². The highest BCUT2D eigenvalue weighted by atomic mass is 32.1. The summed E-state index contributed by atoms with van der Waals surface area (Å²) in [4.78, 5) is 11.3. The van der Waals surface area contributed by atoms with E-state index in [1.165, 1.54) is 41.5 Å². The van der Waals surface area contributed by atoms with Crippen molar-refractivity contribution in [3.05, 3.63) is 16.8 Å². The smallest absolute Gasteiger partial charge is 0.138 e. The molecule has 1 saturated carbocycles. The summed E-state index contributed by atoms with van der Waals surface area (Å²) in [5.74, 6) is 1.02. The van der Waals surface area contributed by atoms with Crippen molar-refractivity contribution < 1.29 is 0 Å². The third kappa shape index (κ3) is 2.12. The Kier molecular flexibility index (Phi) is 3.21. The zero-order chi connectivity index (χ0) is 13.5. The number of anilines is 1. The standard InChI is InChI=1S/C15H21N3S/c1-4-15(6-5-7-15)8-16-13-12-10(2)11(3)19-14(12)18-9-17-13/h9H,4-8H2,1-3H3,(H,16,17,18). The van der Waals surface area contributed by atoms with Crippen LogP contribution in [0.25, 0.3) is 10.2 Å². The highest BCUT2D eigenvalue weighted by molar-refractivity contribution is 7.18. The summed E-state index contributed by atoms with van der Waals surface area (Å²) >= 11 is 1.76. The molecule has 2 aromatic rings. The van der Waals surface area contributed by atoms with Crippen LogP contribution >= 0.6 is 11.3 Å². The van der Waals surface area contributed by atoms with Crippen LogP contribution in [0.4, 0.5) is 5.82 Å². The Morgan fingerprint density at radius 2 is 2.11 bits per heavy atom. The molecule has 0 radical (unpaired) electrons. The average molecular weight is 275 g/mol. The van der Waals surface area contributed by atoms with Gasteiger partial charge >= 0.3 is 0 Å². The van der Waals surface area contributed by atoms with Crippen molar-refractivity contribution in [3.8, 4) is 0 Å². The van der Waals surface area contributed by atoms with Gasteiger partial charge in [-0.3, -0.25) is 0 Å². The fourth-order valence-electron chi connectivity index (χ4n) is 2.92. The van der Waals surface area contributed by atoms with E-state index < -0.39 is 0 Å². The van der Waals surface area contributed by atoms with Crippen LogP contribution in [0.15, 0.2) is 6.33 Å². The number of nitrogens with zero attached hydrogens (tertiary/aromatic N) is 2. The predicted molar refractivity (Wildman–Crippen MR) is 82.0 cm³/mol. The zero-order valence-corrected chi connectivity index (χ0v) is 12.7. The molecule has 2 aromatic heterocycles. The molecule has 0 atom stereocenters. The summed E-state index contributed by atoms with van der Waals surface area (Å²) in [5, 5.41) is 4.81. The Hall–Kier alpha value is -1.16. The highest BCUT2D eigenvalue weighted by Gasteiger charge is 2.34. The molecule has 102 valence electrons. The van der Waals surface area contributed by atoms with Gasteiger partial charge in [-0.05, 0) is 44.1 Å². The molecule has 0 bridgehead atoms. The largest absolute Gasteiger partial charge is 0.369 e. The molecule has 1 N–H and O–H groups in total. The van der Waals surface area contributed by atoms with Crippen LogP contribution in [0.5, 0.6) is 0 Å². The van der Waals surface area contributed by atoms with Gasteiger partial charge in [-0.15, -0.1) is 11.3 Å². The van der Waals surface area contributed by atoms with Crippen molar-refractivity contribution in [3.63, 3.8) is 0 Å². The first-order chi connectivity index (χ1) is 9.15. The average Bonchev–Trinajstić information content (AvgIpc) is 2.65. The quantitative estimate of drug-likeness (QED) is 0.904. The van der Waals surface area contributed by atoms with Crippen molar-refractivity contribution in [1.82, 2.24) is 9.97 Å². The third-order valence-electron chi connectivity index (χ3n) is 4.76. The molecular formula is C15H21N3S. The Balaban J connectivity index is 1.88. The van der Waals surface area contributed by atoms with Gasteiger partial charge < -0.3 is 5.32 Å². The van der Waals surface area contributed by atoms with Crippen LogP contribution in [0.3, 0.4) is 0 Å².